The Kier molecular flexibility index (Phi) is 4.59. The van der Waals surface area contributed by atoms with Crippen LogP contribution in [0.3, 0.4) is 0 Å². The molecule has 1 aliphatic carbocycles. The van der Waals surface area contributed by atoms with Crippen LogP contribution in [0.25, 0.3) is 0 Å². The first-order valence-corrected chi connectivity index (χ1v) is 6.79. The van der Waals surface area contributed by atoms with Crippen LogP contribution in [-0.4, -0.2) is 29.4 Å². The molecule has 0 bridgehead atoms. The average Bonchev–Trinajstić information content (AvgIpc) is 2.98. The minimum absolute atomic E-state index is 0.139. The summed E-state index contributed by atoms with van der Waals surface area (Å²) in [6.45, 7) is 11.3. The van der Waals surface area contributed by atoms with Crippen LogP contribution in [0.5, 0.6) is 0 Å². The quantitative estimate of drug-likeness (QED) is 0.802. The fourth-order valence-corrected chi connectivity index (χ4v) is 1.81. The second-order valence-corrected chi connectivity index (χ2v) is 6.79. The maximum Gasteiger partial charge on any atom is 0.240 e. The number of nitrogens with zero attached hydrogens (tertiary/aromatic N) is 1. The van der Waals surface area contributed by atoms with Gasteiger partial charge in [0.25, 0.3) is 0 Å². The first-order chi connectivity index (χ1) is 7.73. The normalized spacial score (nSPS) is 18.3. The lowest BCUT2D eigenvalue weighted by Gasteiger charge is -2.32. The Labute approximate surface area is 106 Å². The predicted octanol–water partition coefficient (Wildman–Crippen LogP) is 2.40. The van der Waals surface area contributed by atoms with E-state index in [0.29, 0.717) is 12.0 Å². The Hall–Kier alpha value is -0.570. The SMILES string of the molecule is CC(C)CCN(C(=O)[C@@H](N)C(C)(C)C)C1CC1. The number of hydrogen-bond acceptors (Lipinski definition) is 2. The van der Waals surface area contributed by atoms with Crippen molar-refractivity contribution >= 4 is 5.91 Å². The van der Waals surface area contributed by atoms with Gasteiger partial charge in [-0.2, -0.15) is 0 Å². The van der Waals surface area contributed by atoms with Gasteiger partial charge < -0.3 is 10.6 Å². The lowest BCUT2D eigenvalue weighted by Crippen LogP contribution is -2.51. The Morgan fingerprint density at radius 1 is 1.35 bits per heavy atom. The van der Waals surface area contributed by atoms with Crippen molar-refractivity contribution in [3.8, 4) is 0 Å². The van der Waals surface area contributed by atoms with Crippen LogP contribution in [-0.2, 0) is 4.79 Å². The Balaban J connectivity index is 2.61. The van der Waals surface area contributed by atoms with Gasteiger partial charge in [-0.1, -0.05) is 34.6 Å². The minimum atomic E-state index is -0.379. The summed E-state index contributed by atoms with van der Waals surface area (Å²) < 4.78 is 0. The van der Waals surface area contributed by atoms with Crippen LogP contribution in [0.2, 0.25) is 0 Å². The minimum Gasteiger partial charge on any atom is -0.338 e. The summed E-state index contributed by atoms with van der Waals surface area (Å²) in [5.74, 6) is 0.774. The summed E-state index contributed by atoms with van der Waals surface area (Å²) in [6, 6.07) is 0.0879. The van der Waals surface area contributed by atoms with Crippen LogP contribution in [0, 0.1) is 11.3 Å². The molecule has 1 aliphatic rings. The maximum atomic E-state index is 12.4. The highest BCUT2D eigenvalue weighted by Crippen LogP contribution is 2.30. The van der Waals surface area contributed by atoms with Crippen molar-refractivity contribution in [2.24, 2.45) is 17.1 Å². The lowest BCUT2D eigenvalue weighted by molar-refractivity contribution is -0.135. The second-order valence-electron chi connectivity index (χ2n) is 6.79. The van der Waals surface area contributed by atoms with Crippen LogP contribution in [0.4, 0.5) is 0 Å². The molecule has 1 saturated carbocycles. The van der Waals surface area contributed by atoms with Crippen LogP contribution >= 0.6 is 0 Å². The van der Waals surface area contributed by atoms with Crippen LogP contribution < -0.4 is 5.73 Å². The van der Waals surface area contributed by atoms with Gasteiger partial charge >= 0.3 is 0 Å². The topological polar surface area (TPSA) is 46.3 Å². The van der Waals surface area contributed by atoms with E-state index in [2.05, 4.69) is 13.8 Å². The van der Waals surface area contributed by atoms with E-state index >= 15 is 0 Å². The summed E-state index contributed by atoms with van der Waals surface area (Å²) in [5, 5.41) is 0. The van der Waals surface area contributed by atoms with E-state index in [-0.39, 0.29) is 17.4 Å². The Bertz CT molecular complexity index is 264. The zero-order valence-electron chi connectivity index (χ0n) is 12.0. The number of carbonyl (C=O) groups is 1. The van der Waals surface area contributed by atoms with Crippen molar-refractivity contribution in [3.63, 3.8) is 0 Å². The van der Waals surface area contributed by atoms with E-state index in [0.717, 1.165) is 25.8 Å². The van der Waals surface area contributed by atoms with E-state index in [1.807, 2.05) is 25.7 Å². The molecule has 0 aliphatic heterocycles. The third kappa shape index (κ3) is 4.30. The standard InChI is InChI=1S/C14H28N2O/c1-10(2)8-9-16(11-6-7-11)13(17)12(15)14(3,4)5/h10-12H,6-9,15H2,1-5H3/t12-/m1/s1. The first kappa shape index (κ1) is 14.5. The summed E-state index contributed by atoms with van der Waals surface area (Å²) in [5.41, 5.74) is 5.93. The van der Waals surface area contributed by atoms with Gasteiger partial charge in [0.1, 0.15) is 0 Å². The molecule has 100 valence electrons. The molecule has 0 unspecified atom stereocenters. The van der Waals surface area contributed by atoms with Gasteiger partial charge in [-0.15, -0.1) is 0 Å². The molecule has 0 aromatic rings. The average molecular weight is 240 g/mol. The van der Waals surface area contributed by atoms with Gasteiger partial charge in [0, 0.05) is 12.6 Å². The Morgan fingerprint density at radius 2 is 1.88 bits per heavy atom. The number of carbonyl (C=O) groups excluding carboxylic acids is 1. The summed E-state index contributed by atoms with van der Waals surface area (Å²) in [6.07, 6.45) is 3.38. The van der Waals surface area contributed by atoms with Gasteiger partial charge in [-0.25, -0.2) is 0 Å². The molecule has 0 radical (unpaired) electrons. The lowest BCUT2D eigenvalue weighted by atomic mass is 9.86. The molecule has 0 aromatic carbocycles. The molecule has 0 saturated heterocycles. The van der Waals surface area contributed by atoms with Crippen molar-refractivity contribution in [2.45, 2.75) is 66.0 Å². The molecular weight excluding hydrogens is 212 g/mol. The molecule has 3 heteroatoms. The smallest absolute Gasteiger partial charge is 0.240 e. The molecule has 1 fully saturated rings. The van der Waals surface area contributed by atoms with E-state index in [4.69, 9.17) is 5.73 Å². The maximum absolute atomic E-state index is 12.4. The summed E-state index contributed by atoms with van der Waals surface area (Å²) in [4.78, 5) is 14.4. The fraction of sp³-hybridized carbons (Fsp3) is 0.929. The first-order valence-electron chi connectivity index (χ1n) is 6.79. The predicted molar refractivity (Wildman–Crippen MR) is 71.6 cm³/mol. The third-order valence-corrected chi connectivity index (χ3v) is 3.42. The number of rotatable bonds is 5. The molecule has 0 heterocycles. The van der Waals surface area contributed by atoms with E-state index in [1.165, 1.54) is 0 Å². The molecule has 2 N–H and O–H groups in total. The van der Waals surface area contributed by atoms with Crippen molar-refractivity contribution in [1.82, 2.24) is 4.90 Å². The van der Waals surface area contributed by atoms with Gasteiger partial charge in [0.05, 0.1) is 6.04 Å². The van der Waals surface area contributed by atoms with E-state index in [9.17, 15) is 4.79 Å². The highest BCUT2D eigenvalue weighted by Gasteiger charge is 2.38. The summed E-state index contributed by atoms with van der Waals surface area (Å²) in [7, 11) is 0. The van der Waals surface area contributed by atoms with Crippen molar-refractivity contribution in [2.75, 3.05) is 6.54 Å². The zero-order chi connectivity index (χ0) is 13.2. The fourth-order valence-electron chi connectivity index (χ4n) is 1.81. The zero-order valence-corrected chi connectivity index (χ0v) is 12.0. The van der Waals surface area contributed by atoms with E-state index in [1.54, 1.807) is 0 Å². The highest BCUT2D eigenvalue weighted by atomic mass is 16.2. The summed E-state index contributed by atoms with van der Waals surface area (Å²) >= 11 is 0. The second kappa shape index (κ2) is 5.38. The molecule has 17 heavy (non-hydrogen) atoms. The number of hydrogen-bond donors (Lipinski definition) is 1. The largest absolute Gasteiger partial charge is 0.338 e. The van der Waals surface area contributed by atoms with Crippen molar-refractivity contribution < 1.29 is 4.79 Å². The monoisotopic (exact) mass is 240 g/mol. The molecule has 3 nitrogen and oxygen atoms in total. The number of nitrogens with two attached hydrogens (primary N) is 1. The molecule has 1 rings (SSSR count). The van der Waals surface area contributed by atoms with E-state index < -0.39 is 0 Å². The number of amides is 1. The molecular formula is C14H28N2O. The molecule has 1 atom stereocenters. The van der Waals surface area contributed by atoms with Crippen molar-refractivity contribution in [1.29, 1.82) is 0 Å². The van der Waals surface area contributed by atoms with Crippen molar-refractivity contribution in [3.05, 3.63) is 0 Å². The van der Waals surface area contributed by atoms with Crippen LogP contribution in [0.1, 0.15) is 53.9 Å². The molecule has 0 spiro atoms. The molecule has 0 aromatic heterocycles. The third-order valence-electron chi connectivity index (χ3n) is 3.42. The van der Waals surface area contributed by atoms with Gasteiger partial charge in [0.15, 0.2) is 0 Å². The Morgan fingerprint density at radius 3 is 2.24 bits per heavy atom. The van der Waals surface area contributed by atoms with Gasteiger partial charge in [-0.3, -0.25) is 4.79 Å². The van der Waals surface area contributed by atoms with Gasteiger partial charge in [-0.05, 0) is 30.6 Å². The van der Waals surface area contributed by atoms with Crippen LogP contribution in [0.15, 0.2) is 0 Å². The highest BCUT2D eigenvalue weighted by molar-refractivity contribution is 5.83. The van der Waals surface area contributed by atoms with Gasteiger partial charge in [0.2, 0.25) is 5.91 Å². The molecule has 1 amide bonds.